The Morgan fingerprint density at radius 1 is 1.28 bits per heavy atom. The molecule has 18 heavy (non-hydrogen) atoms. The van der Waals surface area contributed by atoms with E-state index in [4.69, 9.17) is 11.6 Å². The Balaban J connectivity index is 2.44. The van der Waals surface area contributed by atoms with Crippen LogP contribution in [0.4, 0.5) is 5.69 Å². The second-order valence-electron chi connectivity index (χ2n) is 5.57. The predicted octanol–water partition coefficient (Wildman–Crippen LogP) is 5.11. The molecule has 0 amide bonds. The van der Waals surface area contributed by atoms with Gasteiger partial charge in [0.1, 0.15) is 5.15 Å². The normalized spacial score (nSPS) is 11.8. The first kappa shape index (κ1) is 13.6. The first-order valence-electron chi connectivity index (χ1n) is 5.85. The van der Waals surface area contributed by atoms with Crippen molar-refractivity contribution in [3.63, 3.8) is 0 Å². The molecule has 0 spiro atoms. The molecule has 2 nitrogen and oxygen atoms in total. The second kappa shape index (κ2) is 5.06. The van der Waals surface area contributed by atoms with Crippen molar-refractivity contribution >= 4 is 44.1 Å². The SMILES string of the molecule is CC(C)(C)CNc1cc(Cl)nc2ccc(Br)cc12. The maximum atomic E-state index is 6.05. The molecule has 1 N–H and O–H groups in total. The molecule has 0 bridgehead atoms. The summed E-state index contributed by atoms with van der Waals surface area (Å²) in [4.78, 5) is 4.33. The molecule has 0 unspecified atom stereocenters. The quantitative estimate of drug-likeness (QED) is 0.775. The van der Waals surface area contributed by atoms with Gasteiger partial charge in [0.05, 0.1) is 5.52 Å². The monoisotopic (exact) mass is 326 g/mol. The van der Waals surface area contributed by atoms with E-state index < -0.39 is 0 Å². The van der Waals surface area contributed by atoms with Gasteiger partial charge < -0.3 is 5.32 Å². The van der Waals surface area contributed by atoms with Crippen molar-refractivity contribution in [3.05, 3.63) is 33.9 Å². The molecule has 0 aliphatic heterocycles. The third-order valence-corrected chi connectivity index (χ3v) is 3.24. The second-order valence-corrected chi connectivity index (χ2v) is 6.87. The highest BCUT2D eigenvalue weighted by molar-refractivity contribution is 9.10. The van der Waals surface area contributed by atoms with Crippen LogP contribution < -0.4 is 5.32 Å². The summed E-state index contributed by atoms with van der Waals surface area (Å²) in [6, 6.07) is 7.87. The molecule has 0 fully saturated rings. The molecule has 0 aliphatic carbocycles. The number of hydrogen-bond acceptors (Lipinski definition) is 2. The van der Waals surface area contributed by atoms with Crippen LogP contribution in [0.2, 0.25) is 5.15 Å². The molecule has 0 saturated carbocycles. The molecule has 1 aromatic carbocycles. The first-order chi connectivity index (χ1) is 8.35. The van der Waals surface area contributed by atoms with E-state index in [1.807, 2.05) is 18.2 Å². The van der Waals surface area contributed by atoms with Gasteiger partial charge in [-0.3, -0.25) is 0 Å². The maximum absolute atomic E-state index is 6.05. The van der Waals surface area contributed by atoms with Crippen molar-refractivity contribution in [1.29, 1.82) is 0 Å². The van der Waals surface area contributed by atoms with Crippen LogP contribution in [0.1, 0.15) is 20.8 Å². The summed E-state index contributed by atoms with van der Waals surface area (Å²) in [6.07, 6.45) is 0. The Morgan fingerprint density at radius 3 is 2.67 bits per heavy atom. The summed E-state index contributed by atoms with van der Waals surface area (Å²) in [7, 11) is 0. The Hall–Kier alpha value is -0.800. The van der Waals surface area contributed by atoms with Crippen molar-refractivity contribution in [1.82, 2.24) is 4.98 Å². The van der Waals surface area contributed by atoms with E-state index >= 15 is 0 Å². The highest BCUT2D eigenvalue weighted by Crippen LogP contribution is 2.29. The van der Waals surface area contributed by atoms with Crippen LogP contribution in [0.15, 0.2) is 28.7 Å². The number of nitrogens with zero attached hydrogens (tertiary/aromatic N) is 1. The molecule has 1 heterocycles. The summed E-state index contributed by atoms with van der Waals surface area (Å²) in [5, 5.41) is 5.05. The third kappa shape index (κ3) is 3.36. The fourth-order valence-electron chi connectivity index (χ4n) is 1.67. The van der Waals surface area contributed by atoms with E-state index in [1.54, 1.807) is 0 Å². The molecule has 0 radical (unpaired) electrons. The molecular formula is C14H16BrClN2. The van der Waals surface area contributed by atoms with Gasteiger partial charge in [0.2, 0.25) is 0 Å². The number of rotatable bonds is 2. The average molecular weight is 328 g/mol. The van der Waals surface area contributed by atoms with Crippen LogP contribution in [0, 0.1) is 5.41 Å². The van der Waals surface area contributed by atoms with Crippen LogP contribution >= 0.6 is 27.5 Å². The van der Waals surface area contributed by atoms with Gasteiger partial charge in [0.25, 0.3) is 0 Å². The summed E-state index contributed by atoms with van der Waals surface area (Å²) in [6.45, 7) is 7.47. The highest BCUT2D eigenvalue weighted by atomic mass is 79.9. The summed E-state index contributed by atoms with van der Waals surface area (Å²) < 4.78 is 1.04. The Morgan fingerprint density at radius 2 is 2.00 bits per heavy atom. The van der Waals surface area contributed by atoms with Gasteiger partial charge in [-0.15, -0.1) is 0 Å². The number of hydrogen-bond donors (Lipinski definition) is 1. The highest BCUT2D eigenvalue weighted by Gasteiger charge is 2.11. The van der Waals surface area contributed by atoms with E-state index in [0.29, 0.717) is 5.15 Å². The van der Waals surface area contributed by atoms with E-state index in [1.165, 1.54) is 0 Å². The fourth-order valence-corrected chi connectivity index (χ4v) is 2.23. The van der Waals surface area contributed by atoms with Crippen molar-refractivity contribution in [2.45, 2.75) is 20.8 Å². The van der Waals surface area contributed by atoms with Crippen LogP contribution in [0.3, 0.4) is 0 Å². The molecule has 2 aromatic rings. The van der Waals surface area contributed by atoms with Crippen molar-refractivity contribution in [2.24, 2.45) is 5.41 Å². The van der Waals surface area contributed by atoms with Crippen molar-refractivity contribution in [2.75, 3.05) is 11.9 Å². The van der Waals surface area contributed by atoms with Crippen LogP contribution in [-0.4, -0.2) is 11.5 Å². The minimum atomic E-state index is 0.216. The van der Waals surface area contributed by atoms with Crippen LogP contribution in [-0.2, 0) is 0 Å². The van der Waals surface area contributed by atoms with E-state index in [-0.39, 0.29) is 5.41 Å². The number of fused-ring (bicyclic) bond motifs is 1. The van der Waals surface area contributed by atoms with Gasteiger partial charge >= 0.3 is 0 Å². The smallest absolute Gasteiger partial charge is 0.131 e. The summed E-state index contributed by atoms with van der Waals surface area (Å²) in [5.41, 5.74) is 2.15. The zero-order chi connectivity index (χ0) is 13.3. The molecule has 4 heteroatoms. The molecule has 2 rings (SSSR count). The zero-order valence-electron chi connectivity index (χ0n) is 10.7. The third-order valence-electron chi connectivity index (χ3n) is 2.55. The fraction of sp³-hybridized carbons (Fsp3) is 0.357. The summed E-state index contributed by atoms with van der Waals surface area (Å²) in [5.74, 6) is 0. The van der Waals surface area contributed by atoms with E-state index in [9.17, 15) is 0 Å². The van der Waals surface area contributed by atoms with E-state index in [0.717, 1.165) is 27.6 Å². The lowest BCUT2D eigenvalue weighted by Gasteiger charge is -2.20. The Bertz CT molecular complexity index is 576. The molecule has 96 valence electrons. The topological polar surface area (TPSA) is 24.9 Å². The molecule has 0 atom stereocenters. The van der Waals surface area contributed by atoms with Gasteiger partial charge in [0, 0.05) is 22.1 Å². The van der Waals surface area contributed by atoms with Crippen LogP contribution in [0.25, 0.3) is 10.9 Å². The first-order valence-corrected chi connectivity index (χ1v) is 7.02. The number of halogens is 2. The molecule has 0 saturated heterocycles. The van der Waals surface area contributed by atoms with Crippen molar-refractivity contribution in [3.8, 4) is 0 Å². The Labute approximate surface area is 121 Å². The number of aromatic nitrogens is 1. The number of benzene rings is 1. The predicted molar refractivity (Wildman–Crippen MR) is 82.4 cm³/mol. The van der Waals surface area contributed by atoms with E-state index in [2.05, 4.69) is 53.1 Å². The number of pyridine rings is 1. The molecular weight excluding hydrogens is 312 g/mol. The van der Waals surface area contributed by atoms with Gasteiger partial charge in [-0.05, 0) is 29.7 Å². The van der Waals surface area contributed by atoms with Gasteiger partial charge in [0.15, 0.2) is 0 Å². The largest absolute Gasteiger partial charge is 0.384 e. The average Bonchev–Trinajstić information content (AvgIpc) is 2.25. The molecule has 0 aliphatic rings. The maximum Gasteiger partial charge on any atom is 0.131 e. The van der Waals surface area contributed by atoms with Gasteiger partial charge in [-0.25, -0.2) is 4.98 Å². The lowest BCUT2D eigenvalue weighted by atomic mass is 9.97. The van der Waals surface area contributed by atoms with Crippen LogP contribution in [0.5, 0.6) is 0 Å². The minimum absolute atomic E-state index is 0.216. The molecule has 1 aromatic heterocycles. The van der Waals surface area contributed by atoms with Crippen molar-refractivity contribution < 1.29 is 0 Å². The standard InChI is InChI=1S/C14H16BrClN2/c1-14(2,3)8-17-12-7-13(16)18-11-5-4-9(15)6-10(11)12/h4-7H,8H2,1-3H3,(H,17,18). The lowest BCUT2D eigenvalue weighted by Crippen LogP contribution is -2.19. The minimum Gasteiger partial charge on any atom is -0.384 e. The number of anilines is 1. The van der Waals surface area contributed by atoms with Gasteiger partial charge in [-0.2, -0.15) is 0 Å². The number of nitrogens with one attached hydrogen (secondary N) is 1. The summed E-state index contributed by atoms with van der Waals surface area (Å²) >= 11 is 9.54. The lowest BCUT2D eigenvalue weighted by molar-refractivity contribution is 0.443. The Kier molecular flexibility index (Phi) is 3.83. The zero-order valence-corrected chi connectivity index (χ0v) is 13.1. The van der Waals surface area contributed by atoms with Gasteiger partial charge in [-0.1, -0.05) is 48.3 Å².